The van der Waals surface area contributed by atoms with Crippen molar-refractivity contribution in [3.63, 3.8) is 0 Å². The van der Waals surface area contributed by atoms with E-state index in [4.69, 9.17) is 0 Å². The molecule has 1 heterocycles. The maximum absolute atomic E-state index is 14.4. The molecular formula is C22H25FN4O3. The predicted octanol–water partition coefficient (Wildman–Crippen LogP) is 3.14. The summed E-state index contributed by atoms with van der Waals surface area (Å²) in [6.07, 6.45) is 1.14. The van der Waals surface area contributed by atoms with E-state index in [1.807, 2.05) is 13.8 Å². The molecule has 0 aliphatic carbocycles. The van der Waals surface area contributed by atoms with Crippen LogP contribution in [0.2, 0.25) is 0 Å². The van der Waals surface area contributed by atoms with E-state index in [-0.39, 0.29) is 36.0 Å². The number of para-hydroxylation sites is 1. The van der Waals surface area contributed by atoms with Crippen LogP contribution in [0.4, 0.5) is 21.5 Å². The van der Waals surface area contributed by atoms with Crippen LogP contribution in [-0.4, -0.2) is 36.9 Å². The zero-order chi connectivity index (χ0) is 21.7. The lowest BCUT2D eigenvalue weighted by Crippen LogP contribution is -2.31. The number of amides is 3. The average Bonchev–Trinajstić information content (AvgIpc) is 3.12. The Morgan fingerprint density at radius 3 is 2.60 bits per heavy atom. The molecule has 0 spiro atoms. The van der Waals surface area contributed by atoms with Crippen LogP contribution in [0.25, 0.3) is 0 Å². The highest BCUT2D eigenvalue weighted by Crippen LogP contribution is 2.26. The van der Waals surface area contributed by atoms with E-state index in [1.165, 1.54) is 17.0 Å². The first-order valence-corrected chi connectivity index (χ1v) is 9.88. The number of benzene rings is 2. The normalized spacial score (nSPS) is 13.5. The van der Waals surface area contributed by atoms with Crippen LogP contribution in [-0.2, 0) is 9.59 Å². The molecule has 2 aromatic carbocycles. The molecule has 158 valence electrons. The van der Waals surface area contributed by atoms with Crippen molar-refractivity contribution in [1.82, 2.24) is 5.32 Å². The third-order valence-corrected chi connectivity index (χ3v) is 4.63. The Morgan fingerprint density at radius 1 is 1.17 bits per heavy atom. The molecule has 3 amide bonds. The van der Waals surface area contributed by atoms with E-state index in [0.29, 0.717) is 29.9 Å². The zero-order valence-electron chi connectivity index (χ0n) is 17.0. The summed E-state index contributed by atoms with van der Waals surface area (Å²) >= 11 is 0. The zero-order valence-corrected chi connectivity index (χ0v) is 17.0. The van der Waals surface area contributed by atoms with Gasteiger partial charge in [-0.3, -0.25) is 14.4 Å². The minimum Gasteiger partial charge on any atom is -0.376 e. The third-order valence-electron chi connectivity index (χ3n) is 4.63. The molecular weight excluding hydrogens is 387 g/mol. The fourth-order valence-corrected chi connectivity index (χ4v) is 3.25. The number of rotatable bonds is 7. The van der Waals surface area contributed by atoms with Crippen molar-refractivity contribution in [2.75, 3.05) is 28.6 Å². The smallest absolute Gasteiger partial charge is 0.253 e. The number of nitrogens with zero attached hydrogens (tertiary/aromatic N) is 1. The fraction of sp³-hybridized carbons (Fsp3) is 0.318. The van der Waals surface area contributed by atoms with Gasteiger partial charge in [0.05, 0.1) is 23.5 Å². The summed E-state index contributed by atoms with van der Waals surface area (Å²) in [4.78, 5) is 37.9. The van der Waals surface area contributed by atoms with E-state index < -0.39 is 5.82 Å². The SMILES string of the molecule is CC(C)NC(=O)c1ccccc1NC(=O)CNc1ccc(N2CCCC2=O)c(F)c1. The van der Waals surface area contributed by atoms with Gasteiger partial charge in [-0.05, 0) is 50.6 Å². The predicted molar refractivity (Wildman–Crippen MR) is 114 cm³/mol. The number of carbonyl (C=O) groups excluding carboxylic acids is 3. The van der Waals surface area contributed by atoms with Crippen molar-refractivity contribution < 1.29 is 18.8 Å². The number of carbonyl (C=O) groups is 3. The largest absolute Gasteiger partial charge is 0.376 e. The number of nitrogens with one attached hydrogen (secondary N) is 3. The van der Waals surface area contributed by atoms with Gasteiger partial charge in [-0.1, -0.05) is 12.1 Å². The minimum absolute atomic E-state index is 0.0309. The Balaban J connectivity index is 1.61. The molecule has 0 radical (unpaired) electrons. The van der Waals surface area contributed by atoms with Crippen LogP contribution >= 0.6 is 0 Å². The Kier molecular flexibility index (Phi) is 6.66. The molecule has 1 fully saturated rings. The molecule has 1 aliphatic rings. The molecule has 7 nitrogen and oxygen atoms in total. The fourth-order valence-electron chi connectivity index (χ4n) is 3.25. The highest BCUT2D eigenvalue weighted by atomic mass is 19.1. The standard InChI is InChI=1S/C22H25FN4O3/c1-14(2)25-22(30)16-6-3-4-7-18(16)26-20(28)13-24-15-9-10-19(17(23)12-15)27-11-5-8-21(27)29/h3-4,6-7,9-10,12,14,24H,5,8,11,13H2,1-2H3,(H,25,30)(H,26,28). The van der Waals surface area contributed by atoms with Crippen LogP contribution < -0.4 is 20.9 Å². The van der Waals surface area contributed by atoms with E-state index in [1.54, 1.807) is 30.3 Å². The van der Waals surface area contributed by atoms with Crippen LogP contribution in [0.5, 0.6) is 0 Å². The summed E-state index contributed by atoms with van der Waals surface area (Å²) in [5, 5.41) is 8.35. The summed E-state index contributed by atoms with van der Waals surface area (Å²) in [6, 6.07) is 11.1. The maximum Gasteiger partial charge on any atom is 0.253 e. The summed E-state index contributed by atoms with van der Waals surface area (Å²) in [5.74, 6) is -1.26. The van der Waals surface area contributed by atoms with Gasteiger partial charge < -0.3 is 20.9 Å². The van der Waals surface area contributed by atoms with Gasteiger partial charge in [-0.2, -0.15) is 0 Å². The van der Waals surface area contributed by atoms with Crippen LogP contribution in [0.15, 0.2) is 42.5 Å². The summed E-state index contributed by atoms with van der Waals surface area (Å²) in [5.41, 5.74) is 1.43. The Bertz CT molecular complexity index is 961. The van der Waals surface area contributed by atoms with Gasteiger partial charge >= 0.3 is 0 Å². The number of halogens is 1. The van der Waals surface area contributed by atoms with E-state index >= 15 is 0 Å². The van der Waals surface area contributed by atoms with E-state index in [9.17, 15) is 18.8 Å². The van der Waals surface area contributed by atoms with Gasteiger partial charge in [0.2, 0.25) is 11.8 Å². The minimum atomic E-state index is -0.522. The Hall–Kier alpha value is -3.42. The van der Waals surface area contributed by atoms with Crippen molar-refractivity contribution in [2.24, 2.45) is 0 Å². The molecule has 3 rings (SSSR count). The lowest BCUT2D eigenvalue weighted by atomic mass is 10.1. The molecule has 1 aliphatic heterocycles. The molecule has 3 N–H and O–H groups in total. The molecule has 0 saturated carbocycles. The molecule has 0 atom stereocenters. The summed E-state index contributed by atoms with van der Waals surface area (Å²) < 4.78 is 14.4. The third kappa shape index (κ3) is 5.14. The van der Waals surface area contributed by atoms with Crippen LogP contribution in [0, 0.1) is 5.82 Å². The molecule has 8 heteroatoms. The van der Waals surface area contributed by atoms with Gasteiger partial charge in [0, 0.05) is 24.7 Å². The Morgan fingerprint density at radius 2 is 1.93 bits per heavy atom. The van der Waals surface area contributed by atoms with Crippen molar-refractivity contribution in [3.8, 4) is 0 Å². The number of hydrogen-bond acceptors (Lipinski definition) is 4. The lowest BCUT2D eigenvalue weighted by molar-refractivity contribution is -0.117. The van der Waals surface area contributed by atoms with E-state index in [0.717, 1.165) is 6.42 Å². The molecule has 1 saturated heterocycles. The van der Waals surface area contributed by atoms with Gasteiger partial charge in [0.15, 0.2) is 0 Å². The van der Waals surface area contributed by atoms with Crippen molar-refractivity contribution in [1.29, 1.82) is 0 Å². The molecule has 2 aromatic rings. The van der Waals surface area contributed by atoms with Gasteiger partial charge in [-0.15, -0.1) is 0 Å². The first-order valence-electron chi connectivity index (χ1n) is 9.88. The Labute approximate surface area is 174 Å². The molecule has 0 aromatic heterocycles. The van der Waals surface area contributed by atoms with Crippen molar-refractivity contribution in [2.45, 2.75) is 32.7 Å². The van der Waals surface area contributed by atoms with Crippen LogP contribution in [0.1, 0.15) is 37.0 Å². The van der Waals surface area contributed by atoms with Gasteiger partial charge in [0.25, 0.3) is 5.91 Å². The summed E-state index contributed by atoms with van der Waals surface area (Å²) in [6.45, 7) is 4.11. The lowest BCUT2D eigenvalue weighted by Gasteiger charge is -2.17. The number of hydrogen-bond donors (Lipinski definition) is 3. The monoisotopic (exact) mass is 412 g/mol. The second-order valence-corrected chi connectivity index (χ2v) is 7.39. The average molecular weight is 412 g/mol. The highest BCUT2D eigenvalue weighted by Gasteiger charge is 2.24. The van der Waals surface area contributed by atoms with E-state index in [2.05, 4.69) is 16.0 Å². The topological polar surface area (TPSA) is 90.5 Å². The second kappa shape index (κ2) is 9.39. The number of anilines is 3. The second-order valence-electron chi connectivity index (χ2n) is 7.39. The van der Waals surface area contributed by atoms with Crippen molar-refractivity contribution in [3.05, 3.63) is 53.8 Å². The molecule has 30 heavy (non-hydrogen) atoms. The molecule has 0 bridgehead atoms. The first-order chi connectivity index (χ1) is 14.3. The van der Waals surface area contributed by atoms with Crippen LogP contribution in [0.3, 0.4) is 0 Å². The maximum atomic E-state index is 14.4. The highest BCUT2D eigenvalue weighted by molar-refractivity contribution is 6.04. The quantitative estimate of drug-likeness (QED) is 0.652. The summed E-state index contributed by atoms with van der Waals surface area (Å²) in [7, 11) is 0. The van der Waals surface area contributed by atoms with Crippen molar-refractivity contribution >= 4 is 34.8 Å². The van der Waals surface area contributed by atoms with Gasteiger partial charge in [0.1, 0.15) is 5.82 Å². The first kappa shape index (κ1) is 21.3. The molecule has 0 unspecified atom stereocenters. The van der Waals surface area contributed by atoms with Gasteiger partial charge in [-0.25, -0.2) is 4.39 Å².